The molecule has 0 amide bonds. The highest BCUT2D eigenvalue weighted by Crippen LogP contribution is 2.30. The largest absolute Gasteiger partial charge is 0.392 e. The van der Waals surface area contributed by atoms with E-state index < -0.39 is 11.6 Å². The van der Waals surface area contributed by atoms with Crippen LogP contribution in [-0.4, -0.2) is 29.7 Å². The third kappa shape index (κ3) is 2.55. The number of aliphatic hydroxyl groups excluding tert-OH is 1. The van der Waals surface area contributed by atoms with Gasteiger partial charge in [-0.15, -0.1) is 0 Å². The molecule has 1 unspecified atom stereocenters. The summed E-state index contributed by atoms with van der Waals surface area (Å²) in [5, 5.41) is 8.88. The van der Waals surface area contributed by atoms with Gasteiger partial charge in [0.05, 0.1) is 6.61 Å². The van der Waals surface area contributed by atoms with Crippen LogP contribution in [0.2, 0.25) is 0 Å². The van der Waals surface area contributed by atoms with Gasteiger partial charge < -0.3 is 10.0 Å². The summed E-state index contributed by atoms with van der Waals surface area (Å²) < 4.78 is 27.6. The molecule has 1 N–H and O–H groups in total. The molecule has 1 aromatic carbocycles. The lowest BCUT2D eigenvalue weighted by Crippen LogP contribution is -2.32. The Morgan fingerprint density at radius 3 is 2.53 bits per heavy atom. The quantitative estimate of drug-likeness (QED) is 0.901. The Labute approximate surface area is 104 Å². The number of aliphatic hydroxyl groups is 1. The molecule has 94 valence electrons. The molecule has 1 atom stereocenters. The van der Waals surface area contributed by atoms with Gasteiger partial charge in [-0.05, 0) is 29.9 Å². The zero-order valence-electron chi connectivity index (χ0n) is 9.62. The minimum atomic E-state index is -0.603. The van der Waals surface area contributed by atoms with Gasteiger partial charge in [0, 0.05) is 18.8 Å². The average molecular weight is 259 g/mol. The second kappa shape index (κ2) is 5.23. The Morgan fingerprint density at radius 2 is 2.06 bits per heavy atom. The van der Waals surface area contributed by atoms with Gasteiger partial charge in [0.25, 0.3) is 0 Å². The molecule has 0 bridgehead atoms. The lowest BCUT2D eigenvalue weighted by Gasteiger charge is -2.27. The first-order valence-corrected chi connectivity index (χ1v) is 6.68. The highest BCUT2D eigenvalue weighted by Gasteiger charge is 2.24. The van der Waals surface area contributed by atoms with Crippen molar-refractivity contribution in [1.29, 1.82) is 0 Å². The van der Waals surface area contributed by atoms with Crippen molar-refractivity contribution in [2.45, 2.75) is 19.1 Å². The van der Waals surface area contributed by atoms with Crippen molar-refractivity contribution in [3.63, 3.8) is 0 Å². The van der Waals surface area contributed by atoms with Crippen molar-refractivity contribution in [2.75, 3.05) is 23.5 Å². The summed E-state index contributed by atoms with van der Waals surface area (Å²) in [6.45, 7) is -0.350. The van der Waals surface area contributed by atoms with Gasteiger partial charge in [-0.2, -0.15) is 11.8 Å². The summed E-state index contributed by atoms with van der Waals surface area (Å²) in [4.78, 5) is 1.67. The lowest BCUT2D eigenvalue weighted by molar-refractivity contribution is 0.280. The highest BCUT2D eigenvalue weighted by atomic mass is 32.2. The lowest BCUT2D eigenvalue weighted by atomic mass is 10.1. The normalized spacial score (nSPS) is 19.6. The van der Waals surface area contributed by atoms with Crippen molar-refractivity contribution in [1.82, 2.24) is 0 Å². The molecule has 1 saturated heterocycles. The maximum absolute atomic E-state index is 13.8. The van der Waals surface area contributed by atoms with E-state index in [1.165, 1.54) is 12.1 Å². The van der Waals surface area contributed by atoms with Crippen LogP contribution in [0.15, 0.2) is 12.1 Å². The van der Waals surface area contributed by atoms with Crippen LogP contribution >= 0.6 is 11.8 Å². The summed E-state index contributed by atoms with van der Waals surface area (Å²) >= 11 is 1.80. The maximum atomic E-state index is 13.8. The molecule has 1 aliphatic rings. The predicted molar refractivity (Wildman–Crippen MR) is 66.4 cm³/mol. The summed E-state index contributed by atoms with van der Waals surface area (Å²) in [5.74, 6) is 0.728. The van der Waals surface area contributed by atoms with Gasteiger partial charge in [0.15, 0.2) is 0 Å². The zero-order chi connectivity index (χ0) is 12.4. The van der Waals surface area contributed by atoms with E-state index in [1.807, 2.05) is 0 Å². The fraction of sp³-hybridized carbons (Fsp3) is 0.500. The number of halogens is 2. The van der Waals surface area contributed by atoms with Crippen LogP contribution in [-0.2, 0) is 6.61 Å². The molecule has 5 heteroatoms. The minimum Gasteiger partial charge on any atom is -0.392 e. The van der Waals surface area contributed by atoms with E-state index in [9.17, 15) is 8.78 Å². The second-order valence-electron chi connectivity index (χ2n) is 4.19. The number of nitrogens with zero attached hydrogens (tertiary/aromatic N) is 1. The van der Waals surface area contributed by atoms with Crippen LogP contribution in [0.1, 0.15) is 12.0 Å². The van der Waals surface area contributed by atoms with Crippen LogP contribution in [0.25, 0.3) is 0 Å². The van der Waals surface area contributed by atoms with Crippen LogP contribution in [0.5, 0.6) is 0 Å². The number of anilines is 1. The maximum Gasteiger partial charge on any atom is 0.149 e. The van der Waals surface area contributed by atoms with E-state index in [0.717, 1.165) is 17.9 Å². The Hall–Kier alpha value is -0.810. The molecule has 0 radical (unpaired) electrons. The third-order valence-corrected chi connectivity index (χ3v) is 4.21. The van der Waals surface area contributed by atoms with Crippen molar-refractivity contribution in [3.05, 3.63) is 29.3 Å². The fourth-order valence-corrected chi connectivity index (χ4v) is 3.32. The van der Waals surface area contributed by atoms with Gasteiger partial charge >= 0.3 is 0 Å². The first kappa shape index (κ1) is 12.6. The minimum absolute atomic E-state index is 0.00898. The average Bonchev–Trinajstić information content (AvgIpc) is 2.81. The molecule has 1 aliphatic heterocycles. The molecule has 1 heterocycles. The zero-order valence-corrected chi connectivity index (χ0v) is 10.4. The Bertz CT molecular complexity index is 384. The predicted octanol–water partition coefficient (Wildman–Crippen LogP) is 2.40. The van der Waals surface area contributed by atoms with Gasteiger partial charge in [0.1, 0.15) is 17.3 Å². The van der Waals surface area contributed by atoms with Gasteiger partial charge in [-0.3, -0.25) is 0 Å². The first-order chi connectivity index (χ1) is 8.13. The Balaban J connectivity index is 2.30. The topological polar surface area (TPSA) is 23.5 Å². The van der Waals surface area contributed by atoms with Crippen molar-refractivity contribution in [2.24, 2.45) is 0 Å². The molecule has 17 heavy (non-hydrogen) atoms. The van der Waals surface area contributed by atoms with Crippen LogP contribution in [0.3, 0.4) is 0 Å². The fourth-order valence-electron chi connectivity index (χ4n) is 2.06. The molecule has 0 saturated carbocycles. The van der Waals surface area contributed by atoms with E-state index >= 15 is 0 Å². The molecular formula is C12H15F2NOS. The Morgan fingerprint density at radius 1 is 1.41 bits per heavy atom. The summed E-state index contributed by atoms with van der Waals surface area (Å²) in [6, 6.07) is 2.57. The van der Waals surface area contributed by atoms with E-state index in [-0.39, 0.29) is 23.9 Å². The van der Waals surface area contributed by atoms with Crippen molar-refractivity contribution < 1.29 is 13.9 Å². The Kier molecular flexibility index (Phi) is 3.89. The molecule has 0 spiro atoms. The molecule has 2 nitrogen and oxygen atoms in total. The smallest absolute Gasteiger partial charge is 0.149 e. The molecular weight excluding hydrogens is 244 g/mol. The molecule has 1 fully saturated rings. The molecule has 0 aromatic heterocycles. The molecule has 0 aliphatic carbocycles. The van der Waals surface area contributed by atoms with Gasteiger partial charge in [0.2, 0.25) is 0 Å². The summed E-state index contributed by atoms with van der Waals surface area (Å²) in [7, 11) is 1.72. The van der Waals surface area contributed by atoms with Crippen LogP contribution in [0, 0.1) is 11.6 Å². The highest BCUT2D eigenvalue weighted by molar-refractivity contribution is 7.99. The number of benzene rings is 1. The van der Waals surface area contributed by atoms with Crippen LogP contribution < -0.4 is 4.90 Å². The molecule has 1 aromatic rings. The van der Waals surface area contributed by atoms with E-state index in [2.05, 4.69) is 0 Å². The first-order valence-electron chi connectivity index (χ1n) is 5.53. The van der Waals surface area contributed by atoms with E-state index in [1.54, 1.807) is 23.7 Å². The molecule has 2 rings (SSSR count). The monoisotopic (exact) mass is 259 g/mol. The summed E-state index contributed by atoms with van der Waals surface area (Å²) in [5.41, 5.74) is 0.271. The number of rotatable bonds is 3. The second-order valence-corrected chi connectivity index (χ2v) is 5.34. The number of hydrogen-bond acceptors (Lipinski definition) is 3. The standard InChI is InChI=1S/C12H15F2NOS/c1-15(9-2-3-17-7-9)12-10(13)4-8(6-16)5-11(12)14/h4-5,9,16H,2-3,6-7H2,1H3. The van der Waals surface area contributed by atoms with Crippen molar-refractivity contribution >= 4 is 17.4 Å². The third-order valence-electron chi connectivity index (χ3n) is 3.07. The number of thioether (sulfide) groups is 1. The van der Waals surface area contributed by atoms with Crippen LogP contribution in [0.4, 0.5) is 14.5 Å². The summed E-state index contributed by atoms with van der Waals surface area (Å²) in [6.07, 6.45) is 0.946. The van der Waals surface area contributed by atoms with Gasteiger partial charge in [-0.25, -0.2) is 8.78 Å². The number of hydrogen-bond donors (Lipinski definition) is 1. The van der Waals surface area contributed by atoms with Crippen molar-refractivity contribution in [3.8, 4) is 0 Å². The van der Waals surface area contributed by atoms with E-state index in [4.69, 9.17) is 5.11 Å². The van der Waals surface area contributed by atoms with E-state index in [0.29, 0.717) is 0 Å². The SMILES string of the molecule is CN(c1c(F)cc(CO)cc1F)C1CCSC1. The van der Waals surface area contributed by atoms with Gasteiger partial charge in [-0.1, -0.05) is 0 Å².